The highest BCUT2D eigenvalue weighted by Crippen LogP contribution is 2.44. The van der Waals surface area contributed by atoms with Crippen molar-refractivity contribution >= 4 is 29.7 Å². The number of nitrogens with one attached hydrogen (secondary N) is 3. The van der Waals surface area contributed by atoms with E-state index >= 15 is 0 Å². The molecule has 0 aliphatic heterocycles. The quantitative estimate of drug-likeness (QED) is 0.0791. The van der Waals surface area contributed by atoms with Gasteiger partial charge in [-0.3, -0.25) is 33.5 Å². The first-order chi connectivity index (χ1) is 25.5. The second-order valence-electron chi connectivity index (χ2n) is 12.8. The summed E-state index contributed by atoms with van der Waals surface area (Å²) in [5, 5.41) is 5.34. The van der Waals surface area contributed by atoms with Crippen molar-refractivity contribution < 1.29 is 37.8 Å². The number of hydrogen-bond donors (Lipinski definition) is 5. The monoisotopic (exact) mass is 736 g/mol. The molecule has 0 fully saturated rings. The molecule has 1 heterocycles. The van der Waals surface area contributed by atoms with Crippen molar-refractivity contribution in [3.05, 3.63) is 92.5 Å². The van der Waals surface area contributed by atoms with Crippen molar-refractivity contribution in [2.24, 2.45) is 17.4 Å². The summed E-state index contributed by atoms with van der Waals surface area (Å²) in [5.41, 5.74) is 13.4. The van der Waals surface area contributed by atoms with E-state index in [0.717, 1.165) is 22.3 Å². The number of nitrogens with two attached hydrogens (primary N) is 2. The summed E-state index contributed by atoms with van der Waals surface area (Å²) in [6.45, 7) is 0.0807. The zero-order valence-electron chi connectivity index (χ0n) is 29.3. The van der Waals surface area contributed by atoms with Gasteiger partial charge < -0.3 is 31.6 Å². The van der Waals surface area contributed by atoms with Gasteiger partial charge in [-0.15, -0.1) is 0 Å². The number of amides is 3. The van der Waals surface area contributed by atoms with Crippen LogP contribution in [0.1, 0.15) is 74.8 Å². The molecule has 0 saturated carbocycles. The van der Waals surface area contributed by atoms with E-state index in [1.165, 1.54) is 0 Å². The number of esters is 1. The number of H-pyrrole nitrogens is 1. The molecule has 7 N–H and O–H groups in total. The highest BCUT2D eigenvalue weighted by molar-refractivity contribution is 5.91. The Hall–Kier alpha value is -5.64. The number of alkyl carbamates (subject to hydrolysis) is 1. The zero-order valence-corrected chi connectivity index (χ0v) is 29.3. The van der Waals surface area contributed by atoms with E-state index in [-0.39, 0.29) is 50.5 Å². The molecular formula is C37H45FN6O9. The average molecular weight is 737 g/mol. The SMILES string of the molecule is NCCCC[C@H](NC(=O)OCC1c2ccccc2-c2ccccc21)C(=O)C[C@@H](CCCCNC(=O)CCC(=O)OCn1cc(F)c(=O)[nH]c1=O)C(N)=O. The van der Waals surface area contributed by atoms with Crippen LogP contribution in [0, 0.1) is 11.7 Å². The van der Waals surface area contributed by atoms with Crippen molar-refractivity contribution in [2.45, 2.75) is 76.5 Å². The smallest absolute Gasteiger partial charge is 0.407 e. The number of hydrogen-bond acceptors (Lipinski definition) is 10. The van der Waals surface area contributed by atoms with Crippen LogP contribution in [0.2, 0.25) is 0 Å². The van der Waals surface area contributed by atoms with Gasteiger partial charge in [0.2, 0.25) is 17.6 Å². The van der Waals surface area contributed by atoms with E-state index < -0.39 is 59.6 Å². The van der Waals surface area contributed by atoms with Crippen LogP contribution >= 0.6 is 0 Å². The van der Waals surface area contributed by atoms with E-state index in [1.54, 1.807) is 4.98 Å². The normalized spacial score (nSPS) is 12.9. The van der Waals surface area contributed by atoms with Crippen LogP contribution in [0.3, 0.4) is 0 Å². The van der Waals surface area contributed by atoms with Gasteiger partial charge >= 0.3 is 17.8 Å². The lowest BCUT2D eigenvalue weighted by atomic mass is 9.91. The van der Waals surface area contributed by atoms with Crippen LogP contribution in [0.15, 0.2) is 64.3 Å². The molecule has 3 amide bonds. The number of nitrogens with zero attached hydrogens (tertiary/aromatic N) is 1. The van der Waals surface area contributed by atoms with Crippen LogP contribution < -0.4 is 33.3 Å². The number of benzene rings is 2. The Morgan fingerprint density at radius 2 is 1.55 bits per heavy atom. The average Bonchev–Trinajstić information content (AvgIpc) is 3.46. The Bertz CT molecular complexity index is 1850. The third-order valence-corrected chi connectivity index (χ3v) is 9.01. The molecule has 0 unspecified atom stereocenters. The van der Waals surface area contributed by atoms with Gasteiger partial charge in [0, 0.05) is 31.2 Å². The molecule has 0 radical (unpaired) electrons. The van der Waals surface area contributed by atoms with Gasteiger partial charge in [0.15, 0.2) is 12.5 Å². The molecule has 0 spiro atoms. The summed E-state index contributed by atoms with van der Waals surface area (Å²) in [6.07, 6.45) is 1.86. The lowest BCUT2D eigenvalue weighted by molar-refractivity contribution is -0.148. The predicted molar refractivity (Wildman–Crippen MR) is 191 cm³/mol. The third-order valence-electron chi connectivity index (χ3n) is 9.01. The summed E-state index contributed by atoms with van der Waals surface area (Å²) in [6, 6.07) is 15.0. The molecular weight excluding hydrogens is 691 g/mol. The number of carbonyl (C=O) groups is 5. The minimum atomic E-state index is -1.22. The first-order valence-corrected chi connectivity index (χ1v) is 17.5. The highest BCUT2D eigenvalue weighted by atomic mass is 19.1. The summed E-state index contributed by atoms with van der Waals surface area (Å²) in [7, 11) is 0. The number of ether oxygens (including phenoxy) is 2. The number of ketones is 1. The van der Waals surface area contributed by atoms with Crippen molar-refractivity contribution in [3.63, 3.8) is 0 Å². The van der Waals surface area contributed by atoms with Crippen LogP contribution in [0.25, 0.3) is 11.1 Å². The number of unbranched alkanes of at least 4 members (excludes halogenated alkanes) is 2. The largest absolute Gasteiger partial charge is 0.449 e. The van der Waals surface area contributed by atoms with Gasteiger partial charge in [-0.2, -0.15) is 4.39 Å². The maximum absolute atomic E-state index is 13.4. The Labute approximate surface area is 304 Å². The molecule has 4 rings (SSSR count). The lowest BCUT2D eigenvalue weighted by Gasteiger charge is -2.21. The maximum Gasteiger partial charge on any atom is 0.407 e. The number of halogens is 1. The molecule has 16 heteroatoms. The number of rotatable bonds is 21. The van der Waals surface area contributed by atoms with Gasteiger partial charge in [-0.1, -0.05) is 55.0 Å². The van der Waals surface area contributed by atoms with Crippen LogP contribution in [0.5, 0.6) is 0 Å². The first kappa shape index (κ1) is 40.1. The molecule has 3 aromatic rings. The van der Waals surface area contributed by atoms with E-state index in [0.29, 0.717) is 49.4 Å². The van der Waals surface area contributed by atoms with E-state index in [4.69, 9.17) is 20.9 Å². The van der Waals surface area contributed by atoms with Crippen molar-refractivity contribution in [1.82, 2.24) is 20.2 Å². The number of aromatic amines is 1. The van der Waals surface area contributed by atoms with Crippen LogP contribution in [0.4, 0.5) is 9.18 Å². The van der Waals surface area contributed by atoms with Gasteiger partial charge in [0.05, 0.1) is 18.7 Å². The minimum Gasteiger partial charge on any atom is -0.449 e. The molecule has 1 aliphatic carbocycles. The van der Waals surface area contributed by atoms with Crippen LogP contribution in [-0.4, -0.2) is 64.9 Å². The summed E-state index contributed by atoms with van der Waals surface area (Å²) < 4.78 is 24.5. The number of Topliss-reactive ketones (excluding diaryl/α,β-unsaturated/α-hetero) is 1. The Morgan fingerprint density at radius 1 is 0.887 bits per heavy atom. The fraction of sp³-hybridized carbons (Fsp3) is 0.432. The highest BCUT2D eigenvalue weighted by Gasteiger charge is 2.30. The van der Waals surface area contributed by atoms with Gasteiger partial charge in [0.1, 0.15) is 6.61 Å². The maximum atomic E-state index is 13.4. The number of aromatic nitrogens is 2. The van der Waals surface area contributed by atoms with Crippen molar-refractivity contribution in [1.29, 1.82) is 0 Å². The molecule has 0 saturated heterocycles. The first-order valence-electron chi connectivity index (χ1n) is 17.5. The summed E-state index contributed by atoms with van der Waals surface area (Å²) in [5.74, 6) is -4.44. The molecule has 2 atom stereocenters. The van der Waals surface area contributed by atoms with E-state index in [2.05, 4.69) is 10.6 Å². The summed E-state index contributed by atoms with van der Waals surface area (Å²) in [4.78, 5) is 87.3. The minimum absolute atomic E-state index is 0.0805. The Morgan fingerprint density at radius 3 is 2.21 bits per heavy atom. The molecule has 15 nitrogen and oxygen atoms in total. The second-order valence-corrected chi connectivity index (χ2v) is 12.8. The zero-order chi connectivity index (χ0) is 38.3. The van der Waals surface area contributed by atoms with Gasteiger partial charge in [0.25, 0.3) is 5.56 Å². The molecule has 1 aromatic heterocycles. The number of fused-ring (bicyclic) bond motifs is 3. The number of primary amides is 1. The third kappa shape index (κ3) is 11.7. The van der Waals surface area contributed by atoms with E-state index in [9.17, 15) is 38.0 Å². The van der Waals surface area contributed by atoms with Crippen molar-refractivity contribution in [3.8, 4) is 11.1 Å². The fourth-order valence-electron chi connectivity index (χ4n) is 6.16. The molecule has 2 aromatic carbocycles. The van der Waals surface area contributed by atoms with E-state index in [1.807, 2.05) is 48.5 Å². The van der Waals surface area contributed by atoms with Gasteiger partial charge in [-0.25, -0.2) is 9.59 Å². The molecule has 1 aliphatic rings. The molecule has 0 bridgehead atoms. The molecule has 284 valence electrons. The Balaban J connectivity index is 1.19. The van der Waals surface area contributed by atoms with Crippen LogP contribution in [-0.2, 0) is 35.4 Å². The Kier molecular flexibility index (Phi) is 15.0. The van der Waals surface area contributed by atoms with Crippen molar-refractivity contribution in [2.75, 3.05) is 19.7 Å². The summed E-state index contributed by atoms with van der Waals surface area (Å²) >= 11 is 0. The fourth-order valence-corrected chi connectivity index (χ4v) is 6.16. The lowest BCUT2D eigenvalue weighted by Crippen LogP contribution is -2.43. The molecule has 53 heavy (non-hydrogen) atoms. The van der Waals surface area contributed by atoms with Gasteiger partial charge in [-0.05, 0) is 60.9 Å². The standard InChI is InChI=1S/C37H45FN6O9/c38-29-20-44(36(50)43-35(29)49)22-53-33(47)16-15-32(46)41-18-8-6-9-23(34(40)48)19-31(45)30(14-5-7-17-39)42-37(51)52-21-28-26-12-3-1-10-24(26)25-11-2-4-13-27(25)28/h1-4,10-13,20,23,28,30H,5-9,14-19,21-22,39H2,(H2,40,48)(H,41,46)(H,42,51)(H,43,49,50)/t23-,30+/m1/s1. The predicted octanol–water partition coefficient (Wildman–Crippen LogP) is 2.34. The number of carbonyl (C=O) groups excluding carboxylic acids is 5. The topological polar surface area (TPSA) is 235 Å². The second kappa shape index (κ2) is 19.8.